The van der Waals surface area contributed by atoms with Crippen molar-refractivity contribution in [2.45, 2.75) is 50.2 Å². The van der Waals surface area contributed by atoms with E-state index in [9.17, 15) is 33.6 Å². The summed E-state index contributed by atoms with van der Waals surface area (Å²) in [6, 6.07) is 29.4. The second-order valence-corrected chi connectivity index (χ2v) is 15.9. The monoisotopic (exact) mass is 885 g/mol. The van der Waals surface area contributed by atoms with E-state index < -0.39 is 59.5 Å². The number of hydrogen-bond acceptors (Lipinski definition) is 11. The van der Waals surface area contributed by atoms with Gasteiger partial charge in [0.2, 0.25) is 23.6 Å². The van der Waals surface area contributed by atoms with E-state index in [1.165, 1.54) is 23.4 Å². The minimum Gasteiger partial charge on any atom is -0.459 e. The fraction of sp³-hybridized carbons (Fsp3) is 0.200. The number of piperidine rings is 1. The van der Waals surface area contributed by atoms with Gasteiger partial charge < -0.3 is 24.8 Å². The Morgan fingerprint density at radius 1 is 0.773 bits per heavy atom. The molecular weight excluding hydrogens is 843 g/mol. The van der Waals surface area contributed by atoms with Crippen molar-refractivity contribution in [3.63, 3.8) is 0 Å². The minimum absolute atomic E-state index is 0.0124. The fourth-order valence-electron chi connectivity index (χ4n) is 8.52. The molecular formula is C50H43N7O9. The molecule has 7 aromatic rings. The van der Waals surface area contributed by atoms with Crippen LogP contribution in [0.15, 0.2) is 143 Å². The van der Waals surface area contributed by atoms with E-state index in [2.05, 4.69) is 26.3 Å². The van der Waals surface area contributed by atoms with E-state index in [-0.39, 0.29) is 36.3 Å². The maximum Gasteiger partial charge on any atom is 0.294 e. The van der Waals surface area contributed by atoms with Crippen LogP contribution in [0.4, 0.5) is 11.4 Å². The van der Waals surface area contributed by atoms with Crippen molar-refractivity contribution in [2.75, 3.05) is 23.3 Å². The van der Waals surface area contributed by atoms with Gasteiger partial charge in [-0.1, -0.05) is 60.7 Å². The van der Waals surface area contributed by atoms with Gasteiger partial charge in [0.15, 0.2) is 5.76 Å². The third kappa shape index (κ3) is 8.51. The number of carbonyl (C=O) groups excluding carboxylic acids is 7. The first-order valence-corrected chi connectivity index (χ1v) is 21.6. The van der Waals surface area contributed by atoms with Gasteiger partial charge in [-0.25, -0.2) is 0 Å². The van der Waals surface area contributed by atoms with Gasteiger partial charge in [0.25, 0.3) is 17.7 Å². The number of rotatable bonds is 16. The smallest absolute Gasteiger partial charge is 0.294 e. The number of unbranched alkanes of at least 4 members (excludes halogenated alkanes) is 2. The molecule has 16 heteroatoms. The van der Waals surface area contributed by atoms with Crippen molar-refractivity contribution in [1.82, 2.24) is 25.8 Å². The highest BCUT2D eigenvalue weighted by Gasteiger charge is 2.45. The molecule has 66 heavy (non-hydrogen) atoms. The lowest BCUT2D eigenvalue weighted by atomic mass is 10.0. The highest BCUT2D eigenvalue weighted by molar-refractivity contribution is 6.25. The highest BCUT2D eigenvalue weighted by Crippen LogP contribution is 2.37. The number of aromatic nitrogens is 1. The van der Waals surface area contributed by atoms with Crippen LogP contribution >= 0.6 is 0 Å². The van der Waals surface area contributed by atoms with Crippen molar-refractivity contribution in [2.24, 2.45) is 0 Å². The normalized spacial score (nSPS) is 15.6. The lowest BCUT2D eigenvalue weighted by Gasteiger charge is -2.32. The Bertz CT molecular complexity index is 2990. The van der Waals surface area contributed by atoms with E-state index in [0.29, 0.717) is 59.5 Å². The Labute approximate surface area is 377 Å². The average Bonchev–Trinajstić information content (AvgIpc) is 4.07. The Balaban J connectivity index is 0.883. The fourth-order valence-corrected chi connectivity index (χ4v) is 8.52. The summed E-state index contributed by atoms with van der Waals surface area (Å²) in [5.74, 6) is -4.04. The van der Waals surface area contributed by atoms with Crippen molar-refractivity contribution < 1.29 is 42.4 Å². The molecule has 5 heterocycles. The number of furan rings is 2. The first-order valence-electron chi connectivity index (χ1n) is 21.6. The summed E-state index contributed by atoms with van der Waals surface area (Å²) in [5, 5.41) is 13.1. The summed E-state index contributed by atoms with van der Waals surface area (Å²) in [6.07, 6.45) is 6.41. The second-order valence-electron chi connectivity index (χ2n) is 15.9. The molecule has 2 aliphatic heterocycles. The van der Waals surface area contributed by atoms with Crippen LogP contribution in [0.2, 0.25) is 0 Å². The van der Waals surface area contributed by atoms with E-state index in [1.807, 2.05) is 30.3 Å². The third-order valence-corrected chi connectivity index (χ3v) is 11.7. The number of para-hydroxylation sites is 1. The van der Waals surface area contributed by atoms with E-state index in [4.69, 9.17) is 8.83 Å². The largest absolute Gasteiger partial charge is 0.459 e. The zero-order valence-corrected chi connectivity index (χ0v) is 35.4. The Morgan fingerprint density at radius 3 is 2.35 bits per heavy atom. The number of hydrogen-bond donors (Lipinski definition) is 4. The standard InChI is InChI=1S/C50H43N7O9/c58-41-23-22-37(45(59)54-41)57-48(62)35-16-9-17-36(42(35)50(57)64)52-25-7-2-8-26-53-46(60)43(30-12-3-1-4-13-30)55-47(61)44(31-14-10-24-51-29-31)56(49(63)39-19-11-27-65-39)32-20-21-34-33-15-5-6-18-38(33)66-40(34)28-32/h1,3-6,9-21,24,27-29,37,43-44,52H,2,7-8,22-23,25-26H2,(H,53,60)(H,55,61)(H,54,58,59)/t37?,43-,44?/m0/s1. The number of fused-ring (bicyclic) bond motifs is 4. The molecule has 0 aliphatic carbocycles. The summed E-state index contributed by atoms with van der Waals surface area (Å²) in [7, 11) is 0. The van der Waals surface area contributed by atoms with Crippen molar-refractivity contribution in [1.29, 1.82) is 0 Å². The van der Waals surface area contributed by atoms with Crippen molar-refractivity contribution in [3.8, 4) is 0 Å². The van der Waals surface area contributed by atoms with Crippen LogP contribution in [0.25, 0.3) is 21.9 Å². The molecule has 2 unspecified atom stereocenters. The molecule has 4 aromatic carbocycles. The van der Waals surface area contributed by atoms with Crippen molar-refractivity contribution >= 4 is 74.7 Å². The second kappa shape index (κ2) is 18.8. The SMILES string of the molecule is O=C1CCC(N2C(=O)c3cccc(NCCCCCNC(=O)[C@@H](NC(=O)C(c4cccnc4)N(C(=O)c4ccco4)c4ccc5c(c4)oc4ccccc45)c4ccccc4)c3C2=O)C(=O)N1. The number of anilines is 2. The molecule has 332 valence electrons. The molecule has 9 rings (SSSR count). The molecule has 0 bridgehead atoms. The predicted molar refractivity (Wildman–Crippen MR) is 242 cm³/mol. The lowest BCUT2D eigenvalue weighted by Crippen LogP contribution is -2.54. The van der Waals surface area contributed by atoms with Crippen LogP contribution < -0.4 is 26.2 Å². The Kier molecular flexibility index (Phi) is 12.2. The number of carbonyl (C=O) groups is 7. The topological polar surface area (TPSA) is 213 Å². The summed E-state index contributed by atoms with van der Waals surface area (Å²) in [6.45, 7) is 0.721. The van der Waals surface area contributed by atoms with Gasteiger partial charge in [-0.15, -0.1) is 0 Å². The first kappa shape index (κ1) is 42.9. The molecule has 3 aromatic heterocycles. The number of nitrogens with zero attached hydrogens (tertiary/aromatic N) is 3. The van der Waals surface area contributed by atoms with Crippen LogP contribution in [0.1, 0.15) is 86.6 Å². The van der Waals surface area contributed by atoms with Crippen LogP contribution in [0.3, 0.4) is 0 Å². The number of pyridine rings is 1. The van der Waals surface area contributed by atoms with E-state index >= 15 is 0 Å². The number of benzene rings is 4. The molecule has 16 nitrogen and oxygen atoms in total. The average molecular weight is 886 g/mol. The molecule has 1 fully saturated rings. The maximum atomic E-state index is 14.9. The zero-order valence-electron chi connectivity index (χ0n) is 35.4. The van der Waals surface area contributed by atoms with Gasteiger partial charge in [-0.3, -0.25) is 53.7 Å². The molecule has 3 atom stereocenters. The van der Waals surface area contributed by atoms with E-state index in [1.54, 1.807) is 85.1 Å². The van der Waals surface area contributed by atoms with Gasteiger partial charge in [-0.2, -0.15) is 0 Å². The summed E-state index contributed by atoms with van der Waals surface area (Å²) in [5.41, 5.74) is 3.23. The maximum absolute atomic E-state index is 14.9. The third-order valence-electron chi connectivity index (χ3n) is 11.7. The Morgan fingerprint density at radius 2 is 1.56 bits per heavy atom. The number of imide groups is 2. The van der Waals surface area contributed by atoms with Gasteiger partial charge in [0, 0.05) is 65.7 Å². The number of amides is 7. The molecule has 1 saturated heterocycles. The van der Waals surface area contributed by atoms with Crippen LogP contribution in [-0.2, 0) is 19.2 Å². The lowest BCUT2D eigenvalue weighted by molar-refractivity contribution is -0.136. The van der Waals surface area contributed by atoms with Gasteiger partial charge >= 0.3 is 0 Å². The Hall–Kier alpha value is -8.40. The summed E-state index contributed by atoms with van der Waals surface area (Å²) < 4.78 is 11.7. The summed E-state index contributed by atoms with van der Waals surface area (Å²) in [4.78, 5) is 101. The zero-order chi connectivity index (χ0) is 45.7. The van der Waals surface area contributed by atoms with E-state index in [0.717, 1.165) is 15.7 Å². The highest BCUT2D eigenvalue weighted by atomic mass is 16.3. The van der Waals surface area contributed by atoms with Crippen LogP contribution in [-0.4, -0.2) is 70.4 Å². The number of nitrogens with one attached hydrogen (secondary N) is 4. The minimum atomic E-state index is -1.33. The molecule has 2 aliphatic rings. The van der Waals surface area contributed by atoms with Crippen molar-refractivity contribution in [3.05, 3.63) is 162 Å². The van der Waals surface area contributed by atoms with Crippen LogP contribution in [0.5, 0.6) is 0 Å². The first-order chi connectivity index (χ1) is 32.2. The molecule has 0 saturated carbocycles. The summed E-state index contributed by atoms with van der Waals surface area (Å²) >= 11 is 0. The molecule has 7 amide bonds. The molecule has 0 spiro atoms. The quantitative estimate of drug-likeness (QED) is 0.0598. The molecule has 4 N–H and O–H groups in total. The van der Waals surface area contributed by atoms with Gasteiger partial charge in [-0.05, 0) is 79.8 Å². The molecule has 0 radical (unpaired) electrons. The predicted octanol–water partition coefficient (Wildman–Crippen LogP) is 6.62. The van der Waals surface area contributed by atoms with Gasteiger partial charge in [0.05, 0.1) is 17.4 Å². The van der Waals surface area contributed by atoms with Gasteiger partial charge in [0.1, 0.15) is 29.3 Å². The van der Waals surface area contributed by atoms with Crippen LogP contribution in [0, 0.1) is 0 Å².